The number of nitrogens with zero attached hydrogens (tertiary/aromatic N) is 1. The van der Waals surface area contributed by atoms with E-state index in [4.69, 9.17) is 5.73 Å². The minimum Gasteiger partial charge on any atom is -0.364 e. The zero-order chi connectivity index (χ0) is 17.8. The second-order valence-corrected chi connectivity index (χ2v) is 7.98. The highest BCUT2D eigenvalue weighted by Crippen LogP contribution is 2.51. The van der Waals surface area contributed by atoms with E-state index in [9.17, 15) is 4.79 Å². The highest BCUT2D eigenvalue weighted by atomic mass is 79.9. The van der Waals surface area contributed by atoms with Gasteiger partial charge in [0.05, 0.1) is 0 Å². The third-order valence-electron chi connectivity index (χ3n) is 4.19. The van der Waals surface area contributed by atoms with Crippen LogP contribution in [0.25, 0.3) is 4.91 Å². The van der Waals surface area contributed by atoms with Gasteiger partial charge in [0.1, 0.15) is 11.1 Å². The Morgan fingerprint density at radius 3 is 2.44 bits per heavy atom. The highest BCUT2D eigenvalue weighted by molar-refractivity contribution is 9.10. The molecule has 0 aromatic heterocycles. The van der Waals surface area contributed by atoms with Crippen LogP contribution in [-0.4, -0.2) is 17.4 Å². The zero-order valence-electron chi connectivity index (χ0n) is 14.1. The topological polar surface area (TPSA) is 46.3 Å². The van der Waals surface area contributed by atoms with Crippen molar-refractivity contribution in [3.8, 4) is 0 Å². The first-order valence-corrected chi connectivity index (χ1v) is 10.1. The molecule has 3 nitrogen and oxygen atoms in total. The third kappa shape index (κ3) is 3.93. The summed E-state index contributed by atoms with van der Waals surface area (Å²) in [6.07, 6.45) is 2.09. The van der Waals surface area contributed by atoms with Gasteiger partial charge in [-0.05, 0) is 29.7 Å². The normalized spacial score (nSPS) is 17.2. The minimum absolute atomic E-state index is 0.0777. The number of hydrogen-bond acceptors (Lipinski definition) is 3. The van der Waals surface area contributed by atoms with Gasteiger partial charge in [-0.2, -0.15) is 0 Å². The zero-order valence-corrected chi connectivity index (χ0v) is 16.5. The van der Waals surface area contributed by atoms with E-state index < -0.39 is 0 Å². The van der Waals surface area contributed by atoms with Gasteiger partial charge in [-0.15, -0.1) is 0 Å². The SMILES string of the molecule is CCCCN1C(C(N)=O)=C(c2ccc(Br)cc2)SC1c1ccccc1. The van der Waals surface area contributed by atoms with Crippen molar-refractivity contribution >= 4 is 38.5 Å². The van der Waals surface area contributed by atoms with Crippen LogP contribution < -0.4 is 5.73 Å². The molecule has 1 atom stereocenters. The first-order valence-electron chi connectivity index (χ1n) is 8.40. The van der Waals surface area contributed by atoms with Crippen molar-refractivity contribution in [2.75, 3.05) is 6.54 Å². The second-order valence-electron chi connectivity index (χ2n) is 5.98. The molecule has 2 aromatic carbocycles. The van der Waals surface area contributed by atoms with E-state index in [-0.39, 0.29) is 11.3 Å². The molecule has 1 aliphatic rings. The Hall–Kier alpha value is -1.72. The standard InChI is InChI=1S/C20H21BrN2OS/c1-2-3-13-23-17(19(22)24)18(14-9-11-16(21)12-10-14)25-20(23)15-7-5-4-6-8-15/h4-12,20H,2-3,13H2,1H3,(H2,22,24). The molecule has 0 bridgehead atoms. The lowest BCUT2D eigenvalue weighted by Gasteiger charge is -2.27. The Morgan fingerprint density at radius 1 is 1.16 bits per heavy atom. The minimum atomic E-state index is -0.361. The number of rotatable bonds is 6. The average molecular weight is 417 g/mol. The summed E-state index contributed by atoms with van der Waals surface area (Å²) >= 11 is 5.17. The van der Waals surface area contributed by atoms with Crippen LogP contribution in [0.1, 0.15) is 36.3 Å². The largest absolute Gasteiger partial charge is 0.364 e. The van der Waals surface area contributed by atoms with Crippen molar-refractivity contribution in [3.63, 3.8) is 0 Å². The quantitative estimate of drug-likeness (QED) is 0.707. The summed E-state index contributed by atoms with van der Waals surface area (Å²) < 4.78 is 1.02. The van der Waals surface area contributed by atoms with Gasteiger partial charge in [-0.1, -0.05) is 83.5 Å². The highest BCUT2D eigenvalue weighted by Gasteiger charge is 2.36. The number of thioether (sulfide) groups is 1. The smallest absolute Gasteiger partial charge is 0.266 e. The van der Waals surface area contributed by atoms with Gasteiger partial charge in [0, 0.05) is 15.9 Å². The number of carbonyl (C=O) groups excluding carboxylic acids is 1. The van der Waals surface area contributed by atoms with Crippen molar-refractivity contribution in [2.24, 2.45) is 5.73 Å². The van der Waals surface area contributed by atoms with Crippen LogP contribution in [0.5, 0.6) is 0 Å². The lowest BCUT2D eigenvalue weighted by atomic mass is 10.1. The molecule has 2 aromatic rings. The van der Waals surface area contributed by atoms with E-state index in [1.165, 1.54) is 5.56 Å². The number of primary amides is 1. The molecule has 1 amide bonds. The number of carbonyl (C=O) groups is 1. The number of unbranched alkanes of at least 4 members (excludes halogenated alkanes) is 1. The van der Waals surface area contributed by atoms with Crippen LogP contribution >= 0.6 is 27.7 Å². The molecule has 130 valence electrons. The van der Waals surface area contributed by atoms with Crippen molar-refractivity contribution < 1.29 is 4.79 Å². The van der Waals surface area contributed by atoms with Gasteiger partial charge >= 0.3 is 0 Å². The van der Waals surface area contributed by atoms with Crippen LogP contribution in [-0.2, 0) is 4.79 Å². The van der Waals surface area contributed by atoms with Crippen LogP contribution in [0.2, 0.25) is 0 Å². The van der Waals surface area contributed by atoms with Crippen molar-refractivity contribution in [1.29, 1.82) is 0 Å². The fourth-order valence-electron chi connectivity index (χ4n) is 2.96. The average Bonchev–Trinajstić information content (AvgIpc) is 3.01. The van der Waals surface area contributed by atoms with Crippen molar-refractivity contribution in [3.05, 3.63) is 75.9 Å². The Labute approximate surface area is 161 Å². The Morgan fingerprint density at radius 2 is 1.84 bits per heavy atom. The molecule has 1 aliphatic heterocycles. The molecule has 5 heteroatoms. The van der Waals surface area contributed by atoms with Gasteiger partial charge in [0.2, 0.25) is 0 Å². The summed E-state index contributed by atoms with van der Waals surface area (Å²) in [5.74, 6) is -0.361. The summed E-state index contributed by atoms with van der Waals surface area (Å²) in [6.45, 7) is 2.98. The Bertz CT molecular complexity index is 774. The fourth-order valence-corrected chi connectivity index (χ4v) is 4.68. The van der Waals surface area contributed by atoms with Crippen LogP contribution in [0, 0.1) is 0 Å². The summed E-state index contributed by atoms with van der Waals surface area (Å²) in [7, 11) is 0. The third-order valence-corrected chi connectivity index (χ3v) is 6.14. The molecular formula is C20H21BrN2OS. The van der Waals surface area contributed by atoms with E-state index in [0.29, 0.717) is 5.70 Å². The van der Waals surface area contributed by atoms with Crippen molar-refractivity contribution in [2.45, 2.75) is 25.1 Å². The Balaban J connectivity index is 2.05. The number of benzene rings is 2. The first-order chi connectivity index (χ1) is 12.1. The summed E-state index contributed by atoms with van der Waals surface area (Å²) in [5, 5.41) is 0.0777. The van der Waals surface area contributed by atoms with E-state index in [1.807, 2.05) is 42.5 Å². The maximum atomic E-state index is 12.3. The lowest BCUT2D eigenvalue weighted by molar-refractivity contribution is -0.116. The molecule has 1 unspecified atom stereocenters. The van der Waals surface area contributed by atoms with Crippen LogP contribution in [0.15, 0.2) is 64.8 Å². The molecule has 3 rings (SSSR count). The summed E-state index contributed by atoms with van der Waals surface area (Å²) in [4.78, 5) is 15.4. The van der Waals surface area contributed by atoms with E-state index in [2.05, 4.69) is 39.9 Å². The number of halogens is 1. The maximum Gasteiger partial charge on any atom is 0.266 e. The molecule has 0 saturated heterocycles. The summed E-state index contributed by atoms with van der Waals surface area (Å²) in [5.41, 5.74) is 8.65. The van der Waals surface area contributed by atoms with Crippen LogP contribution in [0.3, 0.4) is 0 Å². The fraction of sp³-hybridized carbons (Fsp3) is 0.250. The second kappa shape index (κ2) is 8.11. The van der Waals surface area contributed by atoms with E-state index >= 15 is 0 Å². The van der Waals surface area contributed by atoms with E-state index in [1.54, 1.807) is 11.8 Å². The first kappa shape index (κ1) is 18.1. The predicted molar refractivity (Wildman–Crippen MR) is 109 cm³/mol. The summed E-state index contributed by atoms with van der Waals surface area (Å²) in [6, 6.07) is 18.4. The molecule has 0 spiro atoms. The van der Waals surface area contributed by atoms with Gasteiger partial charge in [-0.3, -0.25) is 4.79 Å². The molecule has 1 heterocycles. The Kier molecular flexibility index (Phi) is 5.86. The molecule has 0 radical (unpaired) electrons. The van der Waals surface area contributed by atoms with Crippen molar-refractivity contribution in [1.82, 2.24) is 4.90 Å². The maximum absolute atomic E-state index is 12.3. The number of nitrogens with two attached hydrogens (primary N) is 1. The monoisotopic (exact) mass is 416 g/mol. The lowest BCUT2D eigenvalue weighted by Crippen LogP contribution is -2.31. The van der Waals surface area contributed by atoms with Gasteiger partial charge < -0.3 is 10.6 Å². The molecule has 25 heavy (non-hydrogen) atoms. The number of amides is 1. The molecule has 0 saturated carbocycles. The van der Waals surface area contributed by atoms with Gasteiger partial charge in [0.25, 0.3) is 5.91 Å². The predicted octanol–water partition coefficient (Wildman–Crippen LogP) is 5.15. The molecule has 0 fully saturated rings. The molecule has 2 N–H and O–H groups in total. The van der Waals surface area contributed by atoms with Gasteiger partial charge in [0.15, 0.2) is 0 Å². The van der Waals surface area contributed by atoms with Gasteiger partial charge in [-0.25, -0.2) is 0 Å². The molecule has 0 aliphatic carbocycles. The van der Waals surface area contributed by atoms with E-state index in [0.717, 1.165) is 34.3 Å². The molecular weight excluding hydrogens is 396 g/mol. The number of hydrogen-bond donors (Lipinski definition) is 1. The van der Waals surface area contributed by atoms with Crippen LogP contribution in [0.4, 0.5) is 0 Å².